The van der Waals surface area contributed by atoms with E-state index < -0.39 is 0 Å². The number of halogens is 3. The molecule has 3 aromatic carbocycles. The van der Waals surface area contributed by atoms with Crippen molar-refractivity contribution in [2.24, 2.45) is 0 Å². The van der Waals surface area contributed by atoms with Gasteiger partial charge in [-0.1, -0.05) is 68.3 Å². The van der Waals surface area contributed by atoms with Crippen LogP contribution in [0.25, 0.3) is 33.6 Å². The van der Waals surface area contributed by atoms with Gasteiger partial charge in [-0.05, 0) is 59.7 Å². The Balaban J connectivity index is 1.94. The summed E-state index contributed by atoms with van der Waals surface area (Å²) in [4.78, 5) is 4.87. The van der Waals surface area contributed by atoms with Crippen LogP contribution in [0.2, 0.25) is 0 Å². The van der Waals surface area contributed by atoms with Crippen molar-refractivity contribution in [1.82, 2.24) is 4.98 Å². The molecule has 0 saturated carbocycles. The first-order chi connectivity index (χ1) is 13.1. The summed E-state index contributed by atoms with van der Waals surface area (Å²) in [5.74, 6) is -0.252. The largest absolute Gasteiger partial charge is 0.248 e. The average Bonchev–Trinajstić information content (AvgIpc) is 2.68. The van der Waals surface area contributed by atoms with Crippen molar-refractivity contribution in [2.45, 2.75) is 0 Å². The van der Waals surface area contributed by atoms with Gasteiger partial charge in [-0.2, -0.15) is 0 Å². The Morgan fingerprint density at radius 1 is 0.556 bits per heavy atom. The van der Waals surface area contributed by atoms with E-state index in [1.165, 1.54) is 6.07 Å². The van der Waals surface area contributed by atoms with E-state index in [2.05, 4.69) is 31.9 Å². The van der Waals surface area contributed by atoms with Crippen molar-refractivity contribution in [2.75, 3.05) is 0 Å². The van der Waals surface area contributed by atoms with Gasteiger partial charge in [0.05, 0.1) is 11.4 Å². The second kappa shape index (κ2) is 7.75. The lowest BCUT2D eigenvalue weighted by Gasteiger charge is -2.11. The van der Waals surface area contributed by atoms with Crippen LogP contribution in [0.4, 0.5) is 4.39 Å². The molecule has 4 aromatic rings. The van der Waals surface area contributed by atoms with Crippen LogP contribution in [0.3, 0.4) is 0 Å². The summed E-state index contributed by atoms with van der Waals surface area (Å²) >= 11 is 7.04. The van der Waals surface area contributed by atoms with Crippen molar-refractivity contribution in [3.8, 4) is 33.6 Å². The normalized spacial score (nSPS) is 10.8. The van der Waals surface area contributed by atoms with Gasteiger partial charge in [-0.15, -0.1) is 0 Å². The molecule has 0 aliphatic rings. The lowest BCUT2D eigenvalue weighted by Crippen LogP contribution is -1.91. The van der Waals surface area contributed by atoms with Gasteiger partial charge in [-0.3, -0.25) is 0 Å². The van der Waals surface area contributed by atoms with E-state index in [4.69, 9.17) is 4.98 Å². The summed E-state index contributed by atoms with van der Waals surface area (Å²) in [7, 11) is 0. The van der Waals surface area contributed by atoms with Crippen molar-refractivity contribution in [3.63, 3.8) is 0 Å². The molecule has 0 saturated heterocycles. The van der Waals surface area contributed by atoms with E-state index in [0.29, 0.717) is 0 Å². The molecular formula is C23H14Br2FN. The molecule has 0 radical (unpaired) electrons. The zero-order chi connectivity index (χ0) is 18.8. The maximum absolute atomic E-state index is 13.8. The zero-order valence-electron chi connectivity index (χ0n) is 14.2. The fourth-order valence-corrected chi connectivity index (χ4v) is 3.76. The van der Waals surface area contributed by atoms with E-state index in [9.17, 15) is 4.39 Å². The molecule has 27 heavy (non-hydrogen) atoms. The summed E-state index contributed by atoms with van der Waals surface area (Å²) in [6, 6.07) is 26.7. The molecule has 0 N–H and O–H groups in total. The van der Waals surface area contributed by atoms with Crippen LogP contribution in [-0.2, 0) is 0 Å². The molecule has 0 unspecified atom stereocenters. The predicted octanol–water partition coefficient (Wildman–Crippen LogP) is 7.75. The van der Waals surface area contributed by atoms with E-state index in [1.807, 2.05) is 66.7 Å². The molecular weight excluding hydrogens is 469 g/mol. The van der Waals surface area contributed by atoms with E-state index in [1.54, 1.807) is 12.1 Å². The Hall–Kier alpha value is -2.30. The minimum absolute atomic E-state index is 0.252. The summed E-state index contributed by atoms with van der Waals surface area (Å²) < 4.78 is 15.8. The van der Waals surface area contributed by atoms with Gasteiger partial charge in [0, 0.05) is 20.1 Å². The second-order valence-electron chi connectivity index (χ2n) is 6.16. The lowest BCUT2D eigenvalue weighted by molar-refractivity contribution is 0.628. The van der Waals surface area contributed by atoms with Crippen LogP contribution >= 0.6 is 31.9 Å². The quantitative estimate of drug-likeness (QED) is 0.291. The Morgan fingerprint density at radius 3 is 1.59 bits per heavy atom. The maximum atomic E-state index is 13.8. The van der Waals surface area contributed by atoms with Crippen LogP contribution < -0.4 is 0 Å². The standard InChI is InChI=1S/C23H14Br2FN/c24-19-7-1-5-16(10-19)22-13-18(15-4-3-9-21(26)12-15)14-23(27-22)17-6-2-8-20(25)11-17/h1-14H. The Labute approximate surface area is 174 Å². The first-order valence-corrected chi connectivity index (χ1v) is 9.97. The number of nitrogens with zero attached hydrogens (tertiary/aromatic N) is 1. The van der Waals surface area contributed by atoms with E-state index >= 15 is 0 Å². The van der Waals surface area contributed by atoms with Gasteiger partial charge < -0.3 is 0 Å². The van der Waals surface area contributed by atoms with Crippen LogP contribution in [0.15, 0.2) is 93.9 Å². The number of hydrogen-bond acceptors (Lipinski definition) is 1. The van der Waals surface area contributed by atoms with Crippen molar-refractivity contribution < 1.29 is 4.39 Å². The lowest BCUT2D eigenvalue weighted by atomic mass is 10.00. The Bertz CT molecular complexity index is 971. The highest BCUT2D eigenvalue weighted by atomic mass is 79.9. The smallest absolute Gasteiger partial charge is 0.123 e. The van der Waals surface area contributed by atoms with Crippen molar-refractivity contribution in [1.29, 1.82) is 0 Å². The first-order valence-electron chi connectivity index (χ1n) is 8.38. The SMILES string of the molecule is Fc1cccc(-c2cc(-c3cccc(Br)c3)nc(-c3cccc(Br)c3)c2)c1. The van der Waals surface area contributed by atoms with Crippen LogP contribution in [0, 0.1) is 5.82 Å². The molecule has 4 heteroatoms. The highest BCUT2D eigenvalue weighted by molar-refractivity contribution is 9.10. The number of pyridine rings is 1. The van der Waals surface area contributed by atoms with Gasteiger partial charge in [0.1, 0.15) is 5.82 Å². The monoisotopic (exact) mass is 481 g/mol. The van der Waals surface area contributed by atoms with Crippen LogP contribution in [-0.4, -0.2) is 4.98 Å². The Kier molecular flexibility index (Phi) is 5.19. The minimum atomic E-state index is -0.252. The van der Waals surface area contributed by atoms with E-state index in [0.717, 1.165) is 42.6 Å². The molecule has 0 atom stereocenters. The van der Waals surface area contributed by atoms with Gasteiger partial charge in [0.2, 0.25) is 0 Å². The molecule has 1 aromatic heterocycles. The first kappa shape index (κ1) is 18.1. The Morgan fingerprint density at radius 2 is 1.07 bits per heavy atom. The van der Waals surface area contributed by atoms with Crippen LogP contribution in [0.5, 0.6) is 0 Å². The average molecular weight is 483 g/mol. The summed E-state index contributed by atoms with van der Waals surface area (Å²) in [5, 5.41) is 0. The van der Waals surface area contributed by atoms with Gasteiger partial charge in [-0.25, -0.2) is 9.37 Å². The zero-order valence-corrected chi connectivity index (χ0v) is 17.3. The molecule has 4 rings (SSSR count). The van der Waals surface area contributed by atoms with Crippen molar-refractivity contribution in [3.05, 3.63) is 99.7 Å². The third kappa shape index (κ3) is 4.18. The molecule has 0 spiro atoms. The van der Waals surface area contributed by atoms with Crippen LogP contribution in [0.1, 0.15) is 0 Å². The number of rotatable bonds is 3. The summed E-state index contributed by atoms with van der Waals surface area (Å²) in [6.45, 7) is 0. The molecule has 0 aliphatic heterocycles. The minimum Gasteiger partial charge on any atom is -0.248 e. The second-order valence-corrected chi connectivity index (χ2v) is 7.99. The highest BCUT2D eigenvalue weighted by Crippen LogP contribution is 2.32. The predicted molar refractivity (Wildman–Crippen MR) is 116 cm³/mol. The van der Waals surface area contributed by atoms with E-state index in [-0.39, 0.29) is 5.82 Å². The number of hydrogen-bond donors (Lipinski definition) is 0. The summed E-state index contributed by atoms with van der Waals surface area (Å²) in [5.41, 5.74) is 5.43. The highest BCUT2D eigenvalue weighted by Gasteiger charge is 2.10. The van der Waals surface area contributed by atoms with Gasteiger partial charge in [0.15, 0.2) is 0 Å². The molecule has 132 valence electrons. The van der Waals surface area contributed by atoms with Gasteiger partial charge in [0.25, 0.3) is 0 Å². The third-order valence-corrected chi connectivity index (χ3v) is 5.21. The fraction of sp³-hybridized carbons (Fsp3) is 0. The fourth-order valence-electron chi connectivity index (χ4n) is 2.96. The molecule has 0 fully saturated rings. The maximum Gasteiger partial charge on any atom is 0.123 e. The molecule has 0 bridgehead atoms. The van der Waals surface area contributed by atoms with Gasteiger partial charge >= 0.3 is 0 Å². The molecule has 1 nitrogen and oxygen atoms in total. The number of aromatic nitrogens is 1. The number of benzene rings is 3. The summed E-state index contributed by atoms with van der Waals surface area (Å²) in [6.07, 6.45) is 0. The molecule has 1 heterocycles. The van der Waals surface area contributed by atoms with Crippen molar-refractivity contribution >= 4 is 31.9 Å². The molecule has 0 amide bonds. The third-order valence-electron chi connectivity index (χ3n) is 4.22. The topological polar surface area (TPSA) is 12.9 Å². The molecule has 0 aliphatic carbocycles.